The minimum atomic E-state index is -3.53. The van der Waals surface area contributed by atoms with Gasteiger partial charge in [0, 0.05) is 39.7 Å². The van der Waals surface area contributed by atoms with Crippen LogP contribution >= 0.6 is 23.2 Å². The molecule has 2 aliphatic rings. The van der Waals surface area contributed by atoms with E-state index >= 15 is 0 Å². The summed E-state index contributed by atoms with van der Waals surface area (Å²) in [4.78, 5) is 28.7. The van der Waals surface area contributed by atoms with Gasteiger partial charge in [0.25, 0.3) is 5.91 Å². The van der Waals surface area contributed by atoms with E-state index in [4.69, 9.17) is 32.7 Å². The van der Waals surface area contributed by atoms with Gasteiger partial charge in [-0.1, -0.05) is 72.4 Å². The zero-order chi connectivity index (χ0) is 35.5. The lowest BCUT2D eigenvalue weighted by atomic mass is 9.77. The molecule has 3 aromatic carbocycles. The van der Waals surface area contributed by atoms with Crippen molar-refractivity contribution in [2.24, 2.45) is 0 Å². The molecule has 5 atom stereocenters. The van der Waals surface area contributed by atoms with Crippen molar-refractivity contribution in [3.63, 3.8) is 0 Å². The third kappa shape index (κ3) is 9.22. The van der Waals surface area contributed by atoms with E-state index < -0.39 is 33.7 Å². The van der Waals surface area contributed by atoms with E-state index in [0.29, 0.717) is 34.0 Å². The van der Waals surface area contributed by atoms with E-state index in [1.54, 1.807) is 24.3 Å². The maximum atomic E-state index is 14.4. The van der Waals surface area contributed by atoms with Gasteiger partial charge in [-0.3, -0.25) is 10.1 Å². The quantitative estimate of drug-likeness (QED) is 0.120. The second kappa shape index (κ2) is 15.5. The molecule has 0 radical (unpaired) electrons. The summed E-state index contributed by atoms with van der Waals surface area (Å²) >= 11 is 13.2. The lowest BCUT2D eigenvalue weighted by Gasteiger charge is -2.49. The van der Waals surface area contributed by atoms with Gasteiger partial charge >= 0.3 is 5.97 Å². The predicted octanol–water partition coefficient (Wildman–Crippen LogP) is 7.41. The zero-order valence-electron chi connectivity index (χ0n) is 28.5. The highest BCUT2D eigenvalue weighted by Crippen LogP contribution is 2.47. The number of rotatable bonds is 11. The van der Waals surface area contributed by atoms with E-state index in [9.17, 15) is 18.0 Å². The van der Waals surface area contributed by atoms with Crippen LogP contribution in [0.2, 0.25) is 10.0 Å². The van der Waals surface area contributed by atoms with Gasteiger partial charge < -0.3 is 14.4 Å². The van der Waals surface area contributed by atoms with Gasteiger partial charge in [0.05, 0.1) is 31.2 Å². The molecule has 1 heterocycles. The SMILES string of the molecule is CC(NCOC[C@@H]1c2ccccc2C(=O)N([C@H]2CCCC[C@@H]2NS(C)(=O)=O)[C@H]1c1ccc(Cl)cc1Cl)c1ccc(C(=O)OC(C)(C)C)cc1. The van der Waals surface area contributed by atoms with Crippen molar-refractivity contribution in [1.82, 2.24) is 14.9 Å². The first kappa shape index (κ1) is 37.3. The van der Waals surface area contributed by atoms with Gasteiger partial charge in [0.2, 0.25) is 10.0 Å². The number of halogens is 2. The summed E-state index contributed by atoms with van der Waals surface area (Å²) < 4.78 is 39.5. The fourth-order valence-electron chi connectivity index (χ4n) is 6.88. The second-order valence-electron chi connectivity index (χ2n) is 13.9. The van der Waals surface area contributed by atoms with Crippen molar-refractivity contribution < 1.29 is 27.5 Å². The van der Waals surface area contributed by atoms with Crippen LogP contribution in [0.1, 0.15) is 109 Å². The molecule has 5 rings (SSSR count). The summed E-state index contributed by atoms with van der Waals surface area (Å²) in [6, 6.07) is 18.6. The van der Waals surface area contributed by atoms with E-state index in [-0.39, 0.29) is 37.2 Å². The highest BCUT2D eigenvalue weighted by molar-refractivity contribution is 7.88. The van der Waals surface area contributed by atoms with Crippen molar-refractivity contribution in [3.8, 4) is 0 Å². The summed E-state index contributed by atoms with van der Waals surface area (Å²) in [6.45, 7) is 7.98. The lowest BCUT2D eigenvalue weighted by molar-refractivity contribution is 0.00687. The number of amides is 1. The number of sulfonamides is 1. The number of carbonyl (C=O) groups excluding carboxylic acids is 2. The fraction of sp³-hybridized carbons (Fsp3) is 0.459. The van der Waals surface area contributed by atoms with Gasteiger partial charge in [-0.25, -0.2) is 17.9 Å². The number of nitrogens with one attached hydrogen (secondary N) is 2. The molecule has 1 aliphatic carbocycles. The van der Waals surface area contributed by atoms with E-state index in [1.807, 2.05) is 75.1 Å². The van der Waals surface area contributed by atoms with Crippen molar-refractivity contribution in [3.05, 3.63) is 105 Å². The molecule has 1 saturated carbocycles. The van der Waals surface area contributed by atoms with Crippen LogP contribution in [-0.2, 0) is 19.5 Å². The molecule has 1 amide bonds. The molecule has 3 aromatic rings. The smallest absolute Gasteiger partial charge is 0.338 e. The molecule has 0 spiro atoms. The molecule has 0 aromatic heterocycles. The first-order valence-corrected chi connectivity index (χ1v) is 19.3. The number of carbonyl (C=O) groups is 2. The van der Waals surface area contributed by atoms with E-state index in [0.717, 1.165) is 35.8 Å². The third-order valence-electron chi connectivity index (χ3n) is 9.07. The fourth-order valence-corrected chi connectivity index (χ4v) is 8.22. The molecule has 1 aliphatic heterocycles. The number of nitrogens with zero attached hydrogens (tertiary/aromatic N) is 1. The molecule has 2 N–H and O–H groups in total. The van der Waals surface area contributed by atoms with Gasteiger partial charge in [-0.05, 0) is 87.6 Å². The summed E-state index contributed by atoms with van der Waals surface area (Å²) in [6.07, 6.45) is 4.13. The lowest BCUT2D eigenvalue weighted by Crippen LogP contribution is -2.58. The average molecular weight is 731 g/mol. The standard InChI is InChI=1S/C37H45Cl2N3O6S/c1-23(24-14-16-25(17-15-24)36(44)48-37(2,3)4)40-22-47-21-30-27-10-6-7-11-28(27)35(43)42(34(30)29-19-18-26(38)20-31(29)39)33-13-9-8-12-32(33)41-49(5,45)46/h6-7,10-11,14-20,23,30,32-34,40-41H,8-9,12-13,21-22H2,1-5H3/t23?,30-,32+,33+,34+/m1/s1. The van der Waals surface area contributed by atoms with Crippen molar-refractivity contribution >= 4 is 45.1 Å². The highest BCUT2D eigenvalue weighted by atomic mass is 35.5. The average Bonchev–Trinajstić information content (AvgIpc) is 3.03. The molecular formula is C37H45Cl2N3O6S. The number of hydrogen-bond donors (Lipinski definition) is 2. The zero-order valence-corrected chi connectivity index (χ0v) is 30.9. The first-order valence-electron chi connectivity index (χ1n) is 16.6. The van der Waals surface area contributed by atoms with Crippen LogP contribution in [0.5, 0.6) is 0 Å². The number of fused-ring (bicyclic) bond motifs is 1. The van der Waals surface area contributed by atoms with Crippen LogP contribution in [0.4, 0.5) is 0 Å². The molecule has 12 heteroatoms. The number of hydrogen-bond acceptors (Lipinski definition) is 7. The van der Waals surface area contributed by atoms with Crippen LogP contribution in [0.15, 0.2) is 66.7 Å². The Morgan fingerprint density at radius 3 is 2.37 bits per heavy atom. The van der Waals surface area contributed by atoms with Crippen LogP contribution in [-0.4, -0.2) is 62.5 Å². The van der Waals surface area contributed by atoms with E-state index in [2.05, 4.69) is 10.0 Å². The molecule has 1 fully saturated rings. The first-order chi connectivity index (χ1) is 23.1. The van der Waals surface area contributed by atoms with Gasteiger partial charge in [-0.15, -0.1) is 0 Å². The highest BCUT2D eigenvalue weighted by Gasteiger charge is 2.47. The number of benzene rings is 3. The molecule has 0 bridgehead atoms. The Morgan fingerprint density at radius 1 is 1.00 bits per heavy atom. The summed E-state index contributed by atoms with van der Waals surface area (Å²) in [5, 5.41) is 4.30. The Hall–Kier alpha value is -2.99. The van der Waals surface area contributed by atoms with Crippen molar-refractivity contribution in [1.29, 1.82) is 0 Å². The number of esters is 1. The Morgan fingerprint density at radius 2 is 1.69 bits per heavy atom. The molecule has 0 saturated heterocycles. The van der Waals surface area contributed by atoms with Gasteiger partial charge in [0.1, 0.15) is 5.60 Å². The number of ether oxygens (including phenoxy) is 2. The largest absolute Gasteiger partial charge is 0.456 e. The van der Waals surface area contributed by atoms with E-state index in [1.165, 1.54) is 0 Å². The third-order valence-corrected chi connectivity index (χ3v) is 10.4. The normalized spacial score (nSPS) is 22.0. The van der Waals surface area contributed by atoms with Crippen LogP contribution in [0.3, 0.4) is 0 Å². The Bertz CT molecular complexity index is 1760. The Labute approximate surface area is 299 Å². The van der Waals surface area contributed by atoms with Crippen molar-refractivity contribution in [2.75, 3.05) is 19.6 Å². The molecule has 49 heavy (non-hydrogen) atoms. The molecular weight excluding hydrogens is 685 g/mol. The van der Waals surface area contributed by atoms with Crippen molar-refractivity contribution in [2.45, 2.75) is 89.1 Å². The Kier molecular flexibility index (Phi) is 11.8. The second-order valence-corrected chi connectivity index (χ2v) is 16.6. The minimum Gasteiger partial charge on any atom is -0.456 e. The Balaban J connectivity index is 1.40. The molecule has 9 nitrogen and oxygen atoms in total. The van der Waals surface area contributed by atoms with Crippen LogP contribution in [0, 0.1) is 0 Å². The maximum absolute atomic E-state index is 14.4. The molecule has 1 unspecified atom stereocenters. The van der Waals surface area contributed by atoms with Gasteiger partial charge in [0.15, 0.2) is 0 Å². The monoisotopic (exact) mass is 729 g/mol. The summed E-state index contributed by atoms with van der Waals surface area (Å²) in [7, 11) is -3.53. The summed E-state index contributed by atoms with van der Waals surface area (Å²) in [5.74, 6) is -0.861. The van der Waals surface area contributed by atoms with Crippen LogP contribution in [0.25, 0.3) is 0 Å². The maximum Gasteiger partial charge on any atom is 0.338 e. The topological polar surface area (TPSA) is 114 Å². The van der Waals surface area contributed by atoms with Crippen LogP contribution < -0.4 is 10.0 Å². The summed E-state index contributed by atoms with van der Waals surface area (Å²) in [5.41, 5.74) is 3.01. The predicted molar refractivity (Wildman–Crippen MR) is 193 cm³/mol. The van der Waals surface area contributed by atoms with Gasteiger partial charge in [-0.2, -0.15) is 0 Å². The minimum absolute atomic E-state index is 0.0871. The molecule has 264 valence electrons.